The molecule has 0 bridgehead atoms. The minimum absolute atomic E-state index is 0.0532. The topological polar surface area (TPSA) is 44.4 Å². The van der Waals surface area contributed by atoms with Gasteiger partial charge in [0.25, 0.3) is 0 Å². The number of carbonyl (C=O) groups is 1. The van der Waals surface area contributed by atoms with Gasteiger partial charge in [-0.05, 0) is 54.6 Å². The molecule has 2 N–H and O–H groups in total. The van der Waals surface area contributed by atoms with Gasteiger partial charge in [-0.25, -0.2) is 9.18 Å². The van der Waals surface area contributed by atoms with Gasteiger partial charge in [0.2, 0.25) is 0 Å². The molecule has 2 aromatic rings. The molecule has 0 aliphatic carbocycles. The van der Waals surface area contributed by atoms with Crippen LogP contribution in [0.25, 0.3) is 0 Å². The van der Waals surface area contributed by atoms with Gasteiger partial charge in [0.05, 0.1) is 6.04 Å². The van der Waals surface area contributed by atoms with Crippen LogP contribution in [0.2, 0.25) is 0 Å². The molecule has 5 heteroatoms. The van der Waals surface area contributed by atoms with Crippen molar-refractivity contribution in [1.82, 2.24) is 15.5 Å². The summed E-state index contributed by atoms with van der Waals surface area (Å²) in [6.45, 7) is 2.33. The van der Waals surface area contributed by atoms with E-state index in [0.717, 1.165) is 36.9 Å². The summed E-state index contributed by atoms with van der Waals surface area (Å²) in [6.07, 6.45) is 3.10. The highest BCUT2D eigenvalue weighted by Crippen LogP contribution is 2.35. The summed E-state index contributed by atoms with van der Waals surface area (Å²) in [7, 11) is 0. The van der Waals surface area contributed by atoms with Crippen LogP contribution in [-0.4, -0.2) is 36.6 Å². The molecule has 2 heterocycles. The van der Waals surface area contributed by atoms with Gasteiger partial charge in [-0.2, -0.15) is 0 Å². The standard InChI is InChI=1S/C21H24FN3O/c22-17-9-7-16(8-10-17)20-19-6-2-1-4-15(19)11-13-25(20)21(26)24-14-18-5-3-12-23-18/h1-2,4,6-10,18,20,23H,3,5,11-14H2,(H,24,26)/t18-,20+/m1/s1. The van der Waals surface area contributed by atoms with Crippen molar-refractivity contribution in [1.29, 1.82) is 0 Å². The SMILES string of the molecule is O=C(NC[C@H]1CCCN1)N1CCc2ccccc2[C@@H]1c1ccc(F)cc1. The molecule has 0 unspecified atom stereocenters. The van der Waals surface area contributed by atoms with Crippen molar-refractivity contribution in [3.63, 3.8) is 0 Å². The van der Waals surface area contributed by atoms with Crippen LogP contribution in [0.4, 0.5) is 9.18 Å². The van der Waals surface area contributed by atoms with Crippen LogP contribution in [-0.2, 0) is 6.42 Å². The van der Waals surface area contributed by atoms with Gasteiger partial charge >= 0.3 is 6.03 Å². The minimum Gasteiger partial charge on any atom is -0.336 e. The smallest absolute Gasteiger partial charge is 0.318 e. The zero-order valence-electron chi connectivity index (χ0n) is 14.7. The average molecular weight is 353 g/mol. The number of fused-ring (bicyclic) bond motifs is 1. The highest BCUT2D eigenvalue weighted by atomic mass is 19.1. The van der Waals surface area contributed by atoms with Crippen molar-refractivity contribution in [3.05, 3.63) is 71.0 Å². The van der Waals surface area contributed by atoms with E-state index in [0.29, 0.717) is 19.1 Å². The molecular weight excluding hydrogens is 329 g/mol. The molecule has 2 aromatic carbocycles. The Hall–Kier alpha value is -2.40. The molecule has 136 valence electrons. The van der Waals surface area contributed by atoms with E-state index in [4.69, 9.17) is 0 Å². The Labute approximate surface area is 153 Å². The van der Waals surface area contributed by atoms with E-state index in [9.17, 15) is 9.18 Å². The molecule has 0 saturated carbocycles. The maximum atomic E-state index is 13.4. The third kappa shape index (κ3) is 3.44. The highest BCUT2D eigenvalue weighted by molar-refractivity contribution is 5.76. The van der Waals surface area contributed by atoms with E-state index in [1.54, 1.807) is 12.1 Å². The average Bonchev–Trinajstić information content (AvgIpc) is 3.19. The minimum atomic E-state index is -0.263. The van der Waals surface area contributed by atoms with Crippen molar-refractivity contribution in [2.45, 2.75) is 31.3 Å². The molecule has 4 nitrogen and oxygen atoms in total. The number of amides is 2. The van der Waals surface area contributed by atoms with Crippen LogP contribution in [0.15, 0.2) is 48.5 Å². The molecule has 1 fully saturated rings. The van der Waals surface area contributed by atoms with Crippen molar-refractivity contribution in [2.24, 2.45) is 0 Å². The Balaban J connectivity index is 1.59. The van der Waals surface area contributed by atoms with Gasteiger partial charge in [-0.1, -0.05) is 36.4 Å². The number of hydrogen-bond donors (Lipinski definition) is 2. The Morgan fingerprint density at radius 2 is 2.00 bits per heavy atom. The zero-order valence-corrected chi connectivity index (χ0v) is 14.7. The lowest BCUT2D eigenvalue weighted by atomic mass is 9.88. The third-order valence-electron chi connectivity index (χ3n) is 5.39. The predicted molar refractivity (Wildman–Crippen MR) is 99.5 cm³/mol. The summed E-state index contributed by atoms with van der Waals surface area (Å²) in [6, 6.07) is 14.8. The lowest BCUT2D eigenvalue weighted by molar-refractivity contribution is 0.179. The summed E-state index contributed by atoms with van der Waals surface area (Å²) in [5, 5.41) is 6.49. The fourth-order valence-electron chi connectivity index (χ4n) is 4.03. The van der Waals surface area contributed by atoms with Crippen LogP contribution in [0, 0.1) is 5.82 Å². The van der Waals surface area contributed by atoms with Gasteiger partial charge in [0.15, 0.2) is 0 Å². The van der Waals surface area contributed by atoms with Crippen LogP contribution in [0.1, 0.15) is 35.6 Å². The van der Waals surface area contributed by atoms with E-state index in [1.165, 1.54) is 17.7 Å². The summed E-state index contributed by atoms with van der Waals surface area (Å²) in [5.41, 5.74) is 3.32. The molecule has 1 saturated heterocycles. The number of hydrogen-bond acceptors (Lipinski definition) is 2. The van der Waals surface area contributed by atoms with Crippen molar-refractivity contribution >= 4 is 6.03 Å². The molecule has 0 radical (unpaired) electrons. The predicted octanol–water partition coefficient (Wildman–Crippen LogP) is 3.23. The van der Waals surface area contributed by atoms with E-state index < -0.39 is 0 Å². The fourth-order valence-corrected chi connectivity index (χ4v) is 4.03. The number of benzene rings is 2. The van der Waals surface area contributed by atoms with Gasteiger partial charge in [-0.3, -0.25) is 0 Å². The van der Waals surface area contributed by atoms with Crippen molar-refractivity contribution in [2.75, 3.05) is 19.6 Å². The summed E-state index contributed by atoms with van der Waals surface area (Å²) in [5.74, 6) is -0.263. The monoisotopic (exact) mass is 353 g/mol. The summed E-state index contributed by atoms with van der Waals surface area (Å²) >= 11 is 0. The first-order chi connectivity index (χ1) is 12.7. The van der Waals surface area contributed by atoms with Gasteiger partial charge in [0.1, 0.15) is 5.82 Å². The normalized spacial score (nSPS) is 22.1. The first-order valence-corrected chi connectivity index (χ1v) is 9.33. The van der Waals surface area contributed by atoms with Gasteiger partial charge in [-0.15, -0.1) is 0 Å². The number of urea groups is 1. The lowest BCUT2D eigenvalue weighted by Crippen LogP contribution is -2.48. The van der Waals surface area contributed by atoms with Crippen molar-refractivity contribution < 1.29 is 9.18 Å². The molecule has 2 aliphatic heterocycles. The first kappa shape index (κ1) is 17.0. The number of nitrogens with zero attached hydrogens (tertiary/aromatic N) is 1. The zero-order chi connectivity index (χ0) is 17.9. The molecule has 2 amide bonds. The summed E-state index contributed by atoms with van der Waals surface area (Å²) in [4.78, 5) is 14.8. The van der Waals surface area contributed by atoms with E-state index >= 15 is 0 Å². The number of rotatable bonds is 3. The number of halogens is 1. The van der Waals surface area contributed by atoms with Crippen LogP contribution < -0.4 is 10.6 Å². The highest BCUT2D eigenvalue weighted by Gasteiger charge is 2.32. The first-order valence-electron chi connectivity index (χ1n) is 9.33. The number of nitrogens with one attached hydrogen (secondary N) is 2. The Kier molecular flexibility index (Phi) is 4.89. The third-order valence-corrected chi connectivity index (χ3v) is 5.39. The van der Waals surface area contributed by atoms with Gasteiger partial charge < -0.3 is 15.5 Å². The fraction of sp³-hybridized carbons (Fsp3) is 0.381. The molecule has 0 aromatic heterocycles. The Morgan fingerprint density at radius 1 is 1.19 bits per heavy atom. The van der Waals surface area contributed by atoms with E-state index in [2.05, 4.69) is 22.8 Å². The Morgan fingerprint density at radius 3 is 2.77 bits per heavy atom. The second-order valence-corrected chi connectivity index (χ2v) is 7.08. The largest absolute Gasteiger partial charge is 0.336 e. The maximum Gasteiger partial charge on any atom is 0.318 e. The van der Waals surface area contributed by atoms with E-state index in [-0.39, 0.29) is 17.9 Å². The second-order valence-electron chi connectivity index (χ2n) is 7.08. The lowest BCUT2D eigenvalue weighted by Gasteiger charge is -2.38. The Bertz CT molecular complexity index is 771. The van der Waals surface area contributed by atoms with Crippen molar-refractivity contribution in [3.8, 4) is 0 Å². The second kappa shape index (κ2) is 7.46. The summed E-state index contributed by atoms with van der Waals surface area (Å²) < 4.78 is 13.4. The van der Waals surface area contributed by atoms with Gasteiger partial charge in [0, 0.05) is 19.1 Å². The van der Waals surface area contributed by atoms with Crippen LogP contribution in [0.3, 0.4) is 0 Å². The van der Waals surface area contributed by atoms with Crippen LogP contribution >= 0.6 is 0 Å². The van der Waals surface area contributed by atoms with Crippen LogP contribution in [0.5, 0.6) is 0 Å². The molecule has 4 rings (SSSR count). The van der Waals surface area contributed by atoms with E-state index in [1.807, 2.05) is 17.0 Å². The maximum absolute atomic E-state index is 13.4. The molecule has 0 spiro atoms. The molecule has 2 atom stereocenters. The molecule has 2 aliphatic rings. The molecular formula is C21H24FN3O. The number of carbonyl (C=O) groups excluding carboxylic acids is 1. The quantitative estimate of drug-likeness (QED) is 0.890. The molecule has 26 heavy (non-hydrogen) atoms.